The van der Waals surface area contributed by atoms with Crippen molar-refractivity contribution in [2.24, 2.45) is 5.92 Å². The molecule has 1 saturated heterocycles. The first kappa shape index (κ1) is 15.9. The second-order valence-corrected chi connectivity index (χ2v) is 5.93. The SMILES string of the molecule is CCC(C)C1NC(=O)CN(c2cc(Br)c(F)cc2F)C1=O. The van der Waals surface area contributed by atoms with Crippen molar-refractivity contribution < 1.29 is 18.4 Å². The van der Waals surface area contributed by atoms with Gasteiger partial charge in [-0.25, -0.2) is 8.78 Å². The first-order valence-corrected chi connectivity index (χ1v) is 7.39. The smallest absolute Gasteiger partial charge is 0.250 e. The number of amides is 2. The Morgan fingerprint density at radius 2 is 2.05 bits per heavy atom. The number of hydrogen-bond donors (Lipinski definition) is 1. The maximum absolute atomic E-state index is 13.9. The van der Waals surface area contributed by atoms with Crippen LogP contribution >= 0.6 is 15.9 Å². The summed E-state index contributed by atoms with van der Waals surface area (Å²) < 4.78 is 27.3. The molecule has 1 fully saturated rings. The zero-order chi connectivity index (χ0) is 15.7. The van der Waals surface area contributed by atoms with E-state index in [2.05, 4.69) is 21.2 Å². The number of halogens is 3. The van der Waals surface area contributed by atoms with Crippen LogP contribution in [0.4, 0.5) is 14.5 Å². The first-order valence-electron chi connectivity index (χ1n) is 6.60. The molecule has 0 radical (unpaired) electrons. The predicted molar refractivity (Wildman–Crippen MR) is 77.8 cm³/mol. The van der Waals surface area contributed by atoms with E-state index in [0.29, 0.717) is 12.5 Å². The minimum atomic E-state index is -0.873. The third kappa shape index (κ3) is 3.07. The first-order chi connectivity index (χ1) is 9.85. The molecular weight excluding hydrogens is 346 g/mol. The Balaban J connectivity index is 2.40. The normalized spacial score (nSPS) is 20.4. The van der Waals surface area contributed by atoms with E-state index in [9.17, 15) is 18.4 Å². The molecule has 4 nitrogen and oxygen atoms in total. The Morgan fingerprint density at radius 1 is 1.38 bits per heavy atom. The summed E-state index contributed by atoms with van der Waals surface area (Å²) in [6.45, 7) is 3.46. The lowest BCUT2D eigenvalue weighted by atomic mass is 9.96. The number of rotatable bonds is 3. The fourth-order valence-electron chi connectivity index (χ4n) is 2.21. The third-order valence-corrected chi connectivity index (χ3v) is 4.25. The van der Waals surface area contributed by atoms with E-state index < -0.39 is 17.7 Å². The molecule has 0 saturated carbocycles. The van der Waals surface area contributed by atoms with Gasteiger partial charge < -0.3 is 5.32 Å². The van der Waals surface area contributed by atoms with E-state index in [1.54, 1.807) is 0 Å². The molecule has 2 unspecified atom stereocenters. The number of nitrogens with one attached hydrogen (secondary N) is 1. The van der Waals surface area contributed by atoms with Crippen molar-refractivity contribution >= 4 is 33.4 Å². The van der Waals surface area contributed by atoms with Gasteiger partial charge in [-0.3, -0.25) is 14.5 Å². The number of benzene rings is 1. The van der Waals surface area contributed by atoms with Gasteiger partial charge in [0.2, 0.25) is 11.8 Å². The minimum Gasteiger partial charge on any atom is -0.342 e. The molecule has 1 N–H and O–H groups in total. The van der Waals surface area contributed by atoms with Crippen molar-refractivity contribution in [2.45, 2.75) is 26.3 Å². The lowest BCUT2D eigenvalue weighted by Crippen LogP contribution is -2.60. The van der Waals surface area contributed by atoms with E-state index in [4.69, 9.17) is 0 Å². The van der Waals surface area contributed by atoms with Gasteiger partial charge in [0.15, 0.2) is 0 Å². The average molecular weight is 361 g/mol. The molecule has 1 heterocycles. The van der Waals surface area contributed by atoms with E-state index in [-0.39, 0.29) is 34.4 Å². The van der Waals surface area contributed by atoms with Crippen molar-refractivity contribution in [1.29, 1.82) is 0 Å². The van der Waals surface area contributed by atoms with Gasteiger partial charge in [0.05, 0.1) is 10.2 Å². The summed E-state index contributed by atoms with van der Waals surface area (Å²) in [5.41, 5.74) is -0.101. The maximum Gasteiger partial charge on any atom is 0.250 e. The lowest BCUT2D eigenvalue weighted by Gasteiger charge is -2.35. The van der Waals surface area contributed by atoms with Crippen molar-refractivity contribution in [2.75, 3.05) is 11.4 Å². The quantitative estimate of drug-likeness (QED) is 0.842. The number of piperazine rings is 1. The van der Waals surface area contributed by atoms with Gasteiger partial charge in [0.25, 0.3) is 0 Å². The summed E-state index contributed by atoms with van der Waals surface area (Å²) in [5.74, 6) is -2.46. The van der Waals surface area contributed by atoms with Crippen molar-refractivity contribution in [1.82, 2.24) is 5.32 Å². The number of carbonyl (C=O) groups excluding carboxylic acids is 2. The second-order valence-electron chi connectivity index (χ2n) is 5.07. The van der Waals surface area contributed by atoms with E-state index >= 15 is 0 Å². The van der Waals surface area contributed by atoms with Gasteiger partial charge in [-0.2, -0.15) is 0 Å². The predicted octanol–water partition coefficient (Wildman–Crippen LogP) is 2.60. The van der Waals surface area contributed by atoms with Crippen LogP contribution in [0.3, 0.4) is 0 Å². The van der Waals surface area contributed by atoms with Gasteiger partial charge >= 0.3 is 0 Å². The Labute approximate surface area is 129 Å². The molecule has 0 aromatic heterocycles. The van der Waals surface area contributed by atoms with E-state index in [1.807, 2.05) is 13.8 Å². The molecular formula is C14H15BrF2N2O2. The van der Waals surface area contributed by atoms with Gasteiger partial charge in [-0.15, -0.1) is 0 Å². The number of carbonyl (C=O) groups is 2. The summed E-state index contributed by atoms with van der Waals surface area (Å²) in [6.07, 6.45) is 0.695. The van der Waals surface area contributed by atoms with Crippen LogP contribution in [0.25, 0.3) is 0 Å². The zero-order valence-electron chi connectivity index (χ0n) is 11.6. The molecule has 1 aromatic carbocycles. The van der Waals surface area contributed by atoms with Crippen LogP contribution in [0.1, 0.15) is 20.3 Å². The molecule has 0 spiro atoms. The fraction of sp³-hybridized carbons (Fsp3) is 0.429. The molecule has 2 atom stereocenters. The van der Waals surface area contributed by atoms with Crippen molar-refractivity contribution in [3.63, 3.8) is 0 Å². The highest BCUT2D eigenvalue weighted by Gasteiger charge is 2.37. The molecule has 2 amide bonds. The Bertz CT molecular complexity index is 595. The van der Waals surface area contributed by atoms with Crippen LogP contribution in [0.5, 0.6) is 0 Å². The number of nitrogens with zero attached hydrogens (tertiary/aromatic N) is 1. The van der Waals surface area contributed by atoms with Crippen LogP contribution < -0.4 is 10.2 Å². The van der Waals surface area contributed by atoms with Crippen LogP contribution in [0, 0.1) is 17.6 Å². The molecule has 1 aliphatic rings. The summed E-state index contributed by atoms with van der Waals surface area (Å²) in [6, 6.07) is 1.17. The summed E-state index contributed by atoms with van der Waals surface area (Å²) in [5, 5.41) is 2.62. The second kappa shape index (κ2) is 6.09. The maximum atomic E-state index is 13.9. The molecule has 21 heavy (non-hydrogen) atoms. The molecule has 0 bridgehead atoms. The highest BCUT2D eigenvalue weighted by Crippen LogP contribution is 2.29. The van der Waals surface area contributed by atoms with Crippen LogP contribution in [-0.4, -0.2) is 24.4 Å². The fourth-order valence-corrected chi connectivity index (χ4v) is 2.55. The minimum absolute atomic E-state index is 0.0396. The monoisotopic (exact) mass is 360 g/mol. The van der Waals surface area contributed by atoms with Crippen molar-refractivity contribution in [3.8, 4) is 0 Å². The van der Waals surface area contributed by atoms with Gasteiger partial charge in [0.1, 0.15) is 24.2 Å². The zero-order valence-corrected chi connectivity index (χ0v) is 13.2. The molecule has 2 rings (SSSR count). The van der Waals surface area contributed by atoms with Crippen LogP contribution in [0.15, 0.2) is 16.6 Å². The topological polar surface area (TPSA) is 49.4 Å². The summed E-state index contributed by atoms with van der Waals surface area (Å²) in [4.78, 5) is 25.3. The summed E-state index contributed by atoms with van der Waals surface area (Å²) in [7, 11) is 0. The largest absolute Gasteiger partial charge is 0.342 e. The van der Waals surface area contributed by atoms with Crippen LogP contribution in [0.2, 0.25) is 0 Å². The number of anilines is 1. The van der Waals surface area contributed by atoms with Crippen molar-refractivity contribution in [3.05, 3.63) is 28.2 Å². The molecule has 1 aromatic rings. The van der Waals surface area contributed by atoms with Crippen LogP contribution in [-0.2, 0) is 9.59 Å². The van der Waals surface area contributed by atoms with Gasteiger partial charge in [-0.1, -0.05) is 20.3 Å². The summed E-state index contributed by atoms with van der Waals surface area (Å²) >= 11 is 2.96. The van der Waals surface area contributed by atoms with E-state index in [1.165, 1.54) is 6.07 Å². The molecule has 1 aliphatic heterocycles. The number of hydrogen-bond acceptors (Lipinski definition) is 2. The lowest BCUT2D eigenvalue weighted by molar-refractivity contribution is -0.132. The van der Waals surface area contributed by atoms with Gasteiger partial charge in [-0.05, 0) is 27.9 Å². The molecule has 0 aliphatic carbocycles. The molecule has 114 valence electrons. The van der Waals surface area contributed by atoms with E-state index in [0.717, 1.165) is 4.90 Å². The standard InChI is InChI=1S/C14H15BrF2N2O2/c1-3-7(2)13-14(21)19(6-12(20)18-13)11-4-8(15)9(16)5-10(11)17/h4-5,7,13H,3,6H2,1-2H3,(H,18,20). The highest BCUT2D eigenvalue weighted by atomic mass is 79.9. The van der Waals surface area contributed by atoms with Gasteiger partial charge in [0, 0.05) is 6.07 Å². The Hall–Kier alpha value is -1.50. The Morgan fingerprint density at radius 3 is 2.67 bits per heavy atom. The Kier molecular flexibility index (Phi) is 4.61. The third-order valence-electron chi connectivity index (χ3n) is 3.64. The average Bonchev–Trinajstić information content (AvgIpc) is 2.44. The highest BCUT2D eigenvalue weighted by molar-refractivity contribution is 9.10. The molecule has 7 heteroatoms.